The van der Waals surface area contributed by atoms with Crippen molar-refractivity contribution in [3.63, 3.8) is 0 Å². The van der Waals surface area contributed by atoms with Crippen molar-refractivity contribution in [2.24, 2.45) is 0 Å². The van der Waals surface area contributed by atoms with Gasteiger partial charge in [0.05, 0.1) is 34.6 Å². The summed E-state index contributed by atoms with van der Waals surface area (Å²) in [4.78, 5) is 11.6. The number of amides is 1. The number of benzene rings is 1. The van der Waals surface area contributed by atoms with Crippen LogP contribution in [0.3, 0.4) is 0 Å². The molecule has 0 aliphatic rings. The summed E-state index contributed by atoms with van der Waals surface area (Å²) in [7, 11) is 1.41. The number of rotatable bonds is 5. The van der Waals surface area contributed by atoms with E-state index in [4.69, 9.17) is 9.47 Å². The van der Waals surface area contributed by atoms with Gasteiger partial charge in [-0.2, -0.15) is 0 Å². The van der Waals surface area contributed by atoms with Gasteiger partial charge < -0.3 is 14.8 Å². The minimum atomic E-state index is -0.552. The van der Waals surface area contributed by atoms with Gasteiger partial charge in [-0.05, 0) is 38.8 Å². The van der Waals surface area contributed by atoms with Gasteiger partial charge in [0.15, 0.2) is 5.82 Å². The molecule has 1 amide bonds. The lowest BCUT2D eigenvalue weighted by Crippen LogP contribution is -2.09. The Morgan fingerprint density at radius 3 is 2.74 bits per heavy atom. The lowest BCUT2D eigenvalue weighted by Gasteiger charge is -2.11. The number of ether oxygens (including phenoxy) is 2. The van der Waals surface area contributed by atoms with Crippen molar-refractivity contribution >= 4 is 43.5 Å². The Morgan fingerprint density at radius 2 is 2.16 bits per heavy atom. The number of carbonyl (C=O) groups is 1. The quantitative estimate of drug-likeness (QED) is 0.467. The van der Waals surface area contributed by atoms with E-state index < -0.39 is 11.7 Å². The molecule has 1 aromatic carbocycles. The lowest BCUT2D eigenvalue weighted by atomic mass is 10.3. The summed E-state index contributed by atoms with van der Waals surface area (Å²) >= 11 is 6.14. The molecule has 0 spiro atoms. The number of anilines is 1. The summed E-state index contributed by atoms with van der Waals surface area (Å²) in [5.74, 6) is -0.703. The Morgan fingerprint density at radius 1 is 1.47 bits per heavy atom. The highest BCUT2D eigenvalue weighted by molar-refractivity contribution is 9.11. The van der Waals surface area contributed by atoms with Gasteiger partial charge in [-0.3, -0.25) is 4.79 Å². The largest absolute Gasteiger partial charge is 0.501 e. The van der Waals surface area contributed by atoms with Gasteiger partial charge in [-0.25, -0.2) is 4.39 Å². The van der Waals surface area contributed by atoms with E-state index in [1.54, 1.807) is 6.92 Å². The minimum absolute atomic E-state index is 0.137. The zero-order chi connectivity index (χ0) is 14.4. The predicted octanol–water partition coefficient (Wildman–Crippen LogP) is 3.85. The standard InChI is InChI=1S/C12H12Br2FNO3/c1-3-19-5-4-9(17)16-7-6-8(18-2)11(14)12(15)10(7)13/h4-6H,3H2,1-2H3,(H,16,17). The van der Waals surface area contributed by atoms with Crippen molar-refractivity contribution in [1.82, 2.24) is 0 Å². The molecular formula is C12H12Br2FNO3. The van der Waals surface area contributed by atoms with Crippen molar-refractivity contribution in [2.45, 2.75) is 6.92 Å². The Bertz CT molecular complexity index is 506. The van der Waals surface area contributed by atoms with Crippen LogP contribution < -0.4 is 10.1 Å². The number of methoxy groups -OCH3 is 1. The van der Waals surface area contributed by atoms with E-state index in [1.807, 2.05) is 0 Å². The second-order valence-corrected chi connectivity index (χ2v) is 4.90. The van der Waals surface area contributed by atoms with Crippen LogP contribution in [0.2, 0.25) is 0 Å². The zero-order valence-electron chi connectivity index (χ0n) is 10.3. The van der Waals surface area contributed by atoms with Gasteiger partial charge in [0.1, 0.15) is 5.75 Å². The maximum Gasteiger partial charge on any atom is 0.251 e. The highest BCUT2D eigenvalue weighted by Gasteiger charge is 2.16. The van der Waals surface area contributed by atoms with E-state index in [-0.39, 0.29) is 20.4 Å². The van der Waals surface area contributed by atoms with Crippen molar-refractivity contribution in [3.8, 4) is 5.75 Å². The zero-order valence-corrected chi connectivity index (χ0v) is 13.5. The molecule has 0 radical (unpaired) electrons. The Hall–Kier alpha value is -1.08. The molecule has 1 rings (SSSR count). The van der Waals surface area contributed by atoms with E-state index in [9.17, 15) is 9.18 Å². The van der Waals surface area contributed by atoms with Crippen LogP contribution in [0, 0.1) is 5.82 Å². The average molecular weight is 397 g/mol. The van der Waals surface area contributed by atoms with Crippen LogP contribution in [0.25, 0.3) is 0 Å². The third-order valence-electron chi connectivity index (χ3n) is 2.07. The van der Waals surface area contributed by atoms with E-state index in [1.165, 1.54) is 25.5 Å². The maximum atomic E-state index is 13.8. The first-order chi connectivity index (χ1) is 9.01. The van der Waals surface area contributed by atoms with Crippen LogP contribution in [-0.2, 0) is 9.53 Å². The summed E-state index contributed by atoms with van der Waals surface area (Å²) in [6.45, 7) is 2.27. The van der Waals surface area contributed by atoms with Crippen molar-refractivity contribution in [3.05, 3.63) is 33.2 Å². The second-order valence-electron chi connectivity index (χ2n) is 3.32. The van der Waals surface area contributed by atoms with Crippen LogP contribution in [0.5, 0.6) is 5.75 Å². The fourth-order valence-electron chi connectivity index (χ4n) is 1.20. The van der Waals surface area contributed by atoms with Gasteiger partial charge >= 0.3 is 0 Å². The molecule has 0 saturated heterocycles. The number of halogens is 3. The lowest BCUT2D eigenvalue weighted by molar-refractivity contribution is -0.112. The molecule has 0 aliphatic heterocycles. The van der Waals surface area contributed by atoms with E-state index >= 15 is 0 Å². The van der Waals surface area contributed by atoms with Gasteiger partial charge in [0, 0.05) is 12.1 Å². The first kappa shape index (κ1) is 16.0. The van der Waals surface area contributed by atoms with Crippen LogP contribution in [0.4, 0.5) is 10.1 Å². The van der Waals surface area contributed by atoms with Crippen LogP contribution in [-0.4, -0.2) is 19.6 Å². The highest BCUT2D eigenvalue weighted by Crippen LogP contribution is 2.38. The van der Waals surface area contributed by atoms with Gasteiger partial charge in [0.2, 0.25) is 0 Å². The van der Waals surface area contributed by atoms with Gasteiger partial charge in [-0.15, -0.1) is 0 Å². The first-order valence-electron chi connectivity index (χ1n) is 5.31. The first-order valence-corrected chi connectivity index (χ1v) is 6.90. The molecule has 0 bridgehead atoms. The molecule has 1 N–H and O–H groups in total. The molecule has 104 valence electrons. The van der Waals surface area contributed by atoms with Gasteiger partial charge in [0.25, 0.3) is 5.91 Å². The molecule has 7 heteroatoms. The van der Waals surface area contributed by atoms with Crippen molar-refractivity contribution in [2.75, 3.05) is 19.0 Å². The summed E-state index contributed by atoms with van der Waals surface area (Å²) in [5.41, 5.74) is 0.267. The predicted molar refractivity (Wildman–Crippen MR) is 77.7 cm³/mol. The molecule has 1 aromatic rings. The van der Waals surface area contributed by atoms with Crippen LogP contribution in [0.15, 0.2) is 27.3 Å². The SMILES string of the molecule is CCOC=CC(=O)Nc1cc(OC)c(Br)c(F)c1Br. The Balaban J connectivity index is 2.95. The number of hydrogen-bond acceptors (Lipinski definition) is 3. The molecule has 0 fully saturated rings. The molecular weight excluding hydrogens is 385 g/mol. The normalized spacial score (nSPS) is 10.6. The van der Waals surface area contributed by atoms with E-state index in [2.05, 4.69) is 37.2 Å². The highest BCUT2D eigenvalue weighted by atomic mass is 79.9. The fraction of sp³-hybridized carbons (Fsp3) is 0.250. The minimum Gasteiger partial charge on any atom is -0.501 e. The summed E-state index contributed by atoms with van der Waals surface area (Å²) < 4.78 is 24.1. The average Bonchev–Trinajstić information content (AvgIpc) is 2.39. The monoisotopic (exact) mass is 395 g/mol. The summed E-state index contributed by atoms with van der Waals surface area (Å²) in [6, 6.07) is 1.50. The number of nitrogens with one attached hydrogen (secondary N) is 1. The molecule has 0 atom stereocenters. The van der Waals surface area contributed by atoms with Crippen molar-refractivity contribution < 1.29 is 18.7 Å². The molecule has 4 nitrogen and oxygen atoms in total. The Labute approximate surface area is 127 Å². The smallest absolute Gasteiger partial charge is 0.251 e. The molecule has 0 saturated carbocycles. The van der Waals surface area contributed by atoms with Crippen molar-refractivity contribution in [1.29, 1.82) is 0 Å². The second kappa shape index (κ2) is 7.49. The fourth-order valence-corrected chi connectivity index (χ4v) is 2.35. The van der Waals surface area contributed by atoms with Crippen LogP contribution >= 0.6 is 31.9 Å². The molecule has 0 aliphatic carbocycles. The van der Waals surface area contributed by atoms with Crippen LogP contribution in [0.1, 0.15) is 6.92 Å². The number of hydrogen-bond donors (Lipinski definition) is 1. The topological polar surface area (TPSA) is 47.6 Å². The molecule has 0 unspecified atom stereocenters. The summed E-state index contributed by atoms with van der Waals surface area (Å²) in [6.07, 6.45) is 2.48. The number of carbonyl (C=O) groups excluding carboxylic acids is 1. The third-order valence-corrected chi connectivity index (χ3v) is 3.59. The molecule has 0 heterocycles. The summed E-state index contributed by atoms with van der Waals surface area (Å²) in [5, 5.41) is 2.52. The van der Waals surface area contributed by atoms with E-state index in [0.29, 0.717) is 6.61 Å². The molecule has 19 heavy (non-hydrogen) atoms. The maximum absolute atomic E-state index is 13.8. The molecule has 0 aromatic heterocycles. The Kier molecular flexibility index (Phi) is 6.30. The van der Waals surface area contributed by atoms with E-state index in [0.717, 1.165) is 0 Å². The third kappa shape index (κ3) is 4.21. The van der Waals surface area contributed by atoms with Gasteiger partial charge in [-0.1, -0.05) is 0 Å².